The van der Waals surface area contributed by atoms with Crippen LogP contribution >= 0.6 is 0 Å². The molecule has 0 aliphatic carbocycles. The molecule has 0 aliphatic rings. The van der Waals surface area contributed by atoms with Crippen molar-refractivity contribution in [2.45, 2.75) is 0 Å². The Morgan fingerprint density at radius 1 is 1.00 bits per heavy atom. The molecule has 0 unspecified atom stereocenters. The summed E-state index contributed by atoms with van der Waals surface area (Å²) in [7, 11) is 0. The molecule has 0 nitrogen and oxygen atoms in total. The van der Waals surface area contributed by atoms with Gasteiger partial charge >= 0.3 is 0 Å². The fourth-order valence-corrected chi connectivity index (χ4v) is 0. The van der Waals surface area contributed by atoms with E-state index in [9.17, 15) is 0 Å². The van der Waals surface area contributed by atoms with Crippen LogP contribution in [0.4, 0.5) is 0 Å². The Labute approximate surface area is 89.4 Å². The molecule has 0 bridgehead atoms. The zero-order chi connectivity index (χ0) is 0. The third-order valence-electron chi connectivity index (χ3n) is 0. The van der Waals surface area contributed by atoms with Gasteiger partial charge < -0.3 is 0 Å². The third kappa shape index (κ3) is 8.89. The second kappa shape index (κ2) is 16.7. The van der Waals surface area contributed by atoms with Gasteiger partial charge in [0, 0.05) is 73.8 Å². The van der Waals surface area contributed by atoms with Gasteiger partial charge in [-0.3, -0.25) is 0 Å². The second-order valence-electron chi connectivity index (χ2n) is 0. The Hall–Kier alpha value is 3.00. The van der Waals surface area contributed by atoms with E-state index in [-0.39, 0.29) is 91.1 Å². The number of rotatable bonds is 0. The molecule has 0 aromatic rings. The molecule has 0 fully saturated rings. The Balaban J connectivity index is 0. The molecule has 0 atom stereocenters. The molecule has 0 spiro atoms. The fraction of sp³-hybridized carbons (Fsp3) is 0. The summed E-state index contributed by atoms with van der Waals surface area (Å²) >= 11 is 0. The molecule has 0 N–H and O–H groups in total. The van der Waals surface area contributed by atoms with E-state index in [4.69, 9.17) is 0 Å². The summed E-state index contributed by atoms with van der Waals surface area (Å²) in [5.74, 6) is 0. The van der Waals surface area contributed by atoms with E-state index >= 15 is 0 Å². The SMILES string of the molecule is [AlH3].[Hf].[Ti].[Zr]. The Bertz CT molecular complexity index is 8.00. The fourth-order valence-electron chi connectivity index (χ4n) is 0. The summed E-state index contributed by atoms with van der Waals surface area (Å²) in [6.07, 6.45) is 0. The van der Waals surface area contributed by atoms with Crippen LogP contribution in [-0.2, 0) is 73.8 Å². The second-order valence-corrected chi connectivity index (χ2v) is 0. The van der Waals surface area contributed by atoms with Crippen molar-refractivity contribution in [1.29, 1.82) is 0 Å². The molecule has 4 heavy (non-hydrogen) atoms. The first-order chi connectivity index (χ1) is 0. The van der Waals surface area contributed by atoms with Crippen LogP contribution in [0.1, 0.15) is 0 Å². The van der Waals surface area contributed by atoms with Gasteiger partial charge in [0.2, 0.25) is 0 Å². The monoisotopic (exact) mass is 348 g/mol. The minimum absolute atomic E-state index is 0. The van der Waals surface area contributed by atoms with Gasteiger partial charge in [0.1, 0.15) is 0 Å². The van der Waals surface area contributed by atoms with Gasteiger partial charge in [0.25, 0.3) is 0 Å². The van der Waals surface area contributed by atoms with Gasteiger partial charge in [-0.1, -0.05) is 0 Å². The van der Waals surface area contributed by atoms with E-state index in [1.54, 1.807) is 0 Å². The number of hydrogen-bond donors (Lipinski definition) is 0. The quantitative estimate of drug-likeness (QED) is 0.484. The van der Waals surface area contributed by atoms with Crippen molar-refractivity contribution < 1.29 is 73.8 Å². The van der Waals surface area contributed by atoms with E-state index in [1.807, 2.05) is 0 Å². The maximum absolute atomic E-state index is 0. The van der Waals surface area contributed by atoms with Crippen molar-refractivity contribution >= 4 is 17.4 Å². The van der Waals surface area contributed by atoms with Gasteiger partial charge in [-0.15, -0.1) is 0 Å². The van der Waals surface area contributed by atoms with Crippen molar-refractivity contribution in [3.05, 3.63) is 0 Å². The van der Waals surface area contributed by atoms with Crippen molar-refractivity contribution in [1.82, 2.24) is 0 Å². The molecule has 0 saturated heterocycles. The maximum Gasteiger partial charge on any atom is 0.187 e. The molecule has 0 rings (SSSR count). The van der Waals surface area contributed by atoms with Crippen LogP contribution in [0.2, 0.25) is 0 Å². The van der Waals surface area contributed by atoms with Crippen molar-refractivity contribution in [3.8, 4) is 0 Å². The summed E-state index contributed by atoms with van der Waals surface area (Å²) in [5.41, 5.74) is 0. The van der Waals surface area contributed by atoms with Gasteiger partial charge in [-0.25, -0.2) is 0 Å². The topological polar surface area (TPSA) is 0 Å². The Morgan fingerprint density at radius 3 is 1.00 bits per heavy atom. The normalized spacial score (nSPS) is 0. The smallest absolute Gasteiger partial charge is 0 e. The summed E-state index contributed by atoms with van der Waals surface area (Å²) < 4.78 is 0. The molecule has 0 saturated carbocycles. The molecular formula is H3AlHfTiZr. The molecule has 4 heteroatoms. The number of hydrogen-bond acceptors (Lipinski definition) is 0. The van der Waals surface area contributed by atoms with Crippen molar-refractivity contribution in [2.24, 2.45) is 0 Å². The minimum Gasteiger partial charge on any atom is 0 e. The first-order valence-corrected chi connectivity index (χ1v) is 0. The molecule has 0 aromatic heterocycles. The first kappa shape index (κ1) is 28.0. The zero-order valence-corrected chi connectivity index (χ0v) is 9.11. The predicted octanol–water partition coefficient (Wildman–Crippen LogP) is -1.19. The Kier molecular flexibility index (Phi) is 117. The third-order valence-corrected chi connectivity index (χ3v) is 0. The van der Waals surface area contributed by atoms with E-state index < -0.39 is 0 Å². The molecule has 0 aromatic carbocycles. The van der Waals surface area contributed by atoms with E-state index in [0.717, 1.165) is 0 Å². The molecule has 0 amide bonds. The average Bonchev–Trinajstić information content (AvgIpc) is 0. The van der Waals surface area contributed by atoms with E-state index in [2.05, 4.69) is 0 Å². The largest absolute Gasteiger partial charge is 0.187 e. The van der Waals surface area contributed by atoms with Crippen LogP contribution < -0.4 is 0 Å². The maximum atomic E-state index is 0. The van der Waals surface area contributed by atoms with Gasteiger partial charge in [0.05, 0.1) is 0 Å². The van der Waals surface area contributed by atoms with Crippen molar-refractivity contribution in [3.63, 3.8) is 0 Å². The standard InChI is InChI=1S/Al.Hf.Ti.Zr.3H. The first-order valence-electron chi connectivity index (χ1n) is 0. The van der Waals surface area contributed by atoms with E-state index in [0.29, 0.717) is 0 Å². The Morgan fingerprint density at radius 2 is 1.00 bits per heavy atom. The van der Waals surface area contributed by atoms with Gasteiger partial charge in [-0.2, -0.15) is 0 Å². The van der Waals surface area contributed by atoms with Crippen LogP contribution in [0.25, 0.3) is 0 Å². The molecule has 0 heterocycles. The van der Waals surface area contributed by atoms with Gasteiger partial charge in [0.15, 0.2) is 17.4 Å². The van der Waals surface area contributed by atoms with Crippen LogP contribution in [0.3, 0.4) is 0 Å². The van der Waals surface area contributed by atoms with Crippen LogP contribution in [0.15, 0.2) is 0 Å². The molecule has 0 aliphatic heterocycles. The summed E-state index contributed by atoms with van der Waals surface area (Å²) in [6.45, 7) is 0. The van der Waals surface area contributed by atoms with Crippen LogP contribution in [0.5, 0.6) is 0 Å². The van der Waals surface area contributed by atoms with Crippen LogP contribution in [-0.4, -0.2) is 17.4 Å². The predicted molar refractivity (Wildman–Crippen MR) is 9.94 cm³/mol. The molecule has 0 radical (unpaired) electrons. The zero-order valence-electron chi connectivity index (χ0n) is 1.50. The van der Waals surface area contributed by atoms with Gasteiger partial charge in [-0.05, 0) is 0 Å². The summed E-state index contributed by atoms with van der Waals surface area (Å²) in [4.78, 5) is 0. The molecular weight excluding hydrogens is 345 g/mol. The van der Waals surface area contributed by atoms with Crippen molar-refractivity contribution in [2.75, 3.05) is 0 Å². The average molecular weight is 348 g/mol. The van der Waals surface area contributed by atoms with E-state index in [1.165, 1.54) is 0 Å². The van der Waals surface area contributed by atoms with Crippen LogP contribution in [0, 0.1) is 0 Å². The summed E-state index contributed by atoms with van der Waals surface area (Å²) in [6, 6.07) is 0. The molecule has 18 valence electrons. The summed E-state index contributed by atoms with van der Waals surface area (Å²) in [5, 5.41) is 0. The minimum atomic E-state index is 0.